The smallest absolute Gasteiger partial charge is 0.322 e. The number of nitrogens with zero attached hydrogens (tertiary/aromatic N) is 4. The second-order valence-electron chi connectivity index (χ2n) is 9.16. The molecule has 192 valence electrons. The summed E-state index contributed by atoms with van der Waals surface area (Å²) in [5, 5.41) is 16.5. The van der Waals surface area contributed by atoms with Crippen LogP contribution in [0.15, 0.2) is 85.6 Å². The van der Waals surface area contributed by atoms with Gasteiger partial charge < -0.3 is 20.6 Å². The van der Waals surface area contributed by atoms with E-state index in [0.717, 1.165) is 39.9 Å². The molecule has 1 aliphatic heterocycles. The van der Waals surface area contributed by atoms with Gasteiger partial charge in [0.1, 0.15) is 6.04 Å². The third-order valence-corrected chi connectivity index (χ3v) is 6.66. The second kappa shape index (κ2) is 10.7. The summed E-state index contributed by atoms with van der Waals surface area (Å²) in [6.45, 7) is 5.39. The molecular formula is C29H28N6O3. The fourth-order valence-corrected chi connectivity index (χ4v) is 4.57. The lowest BCUT2D eigenvalue weighted by Gasteiger charge is -2.38. The van der Waals surface area contributed by atoms with Crippen molar-refractivity contribution >= 4 is 45.8 Å². The van der Waals surface area contributed by atoms with E-state index in [1.165, 1.54) is 6.08 Å². The molecule has 1 saturated heterocycles. The van der Waals surface area contributed by atoms with Gasteiger partial charge in [-0.15, -0.1) is 0 Å². The molecule has 38 heavy (non-hydrogen) atoms. The molecule has 9 heteroatoms. The minimum Gasteiger partial charge on any atom is -0.480 e. The molecule has 3 aromatic carbocycles. The van der Waals surface area contributed by atoms with Crippen LogP contribution in [0.2, 0.25) is 0 Å². The maximum absolute atomic E-state index is 11.7. The number of benzene rings is 3. The third kappa shape index (κ3) is 5.33. The predicted molar refractivity (Wildman–Crippen MR) is 150 cm³/mol. The van der Waals surface area contributed by atoms with E-state index in [1.54, 1.807) is 6.20 Å². The van der Waals surface area contributed by atoms with E-state index in [1.807, 2.05) is 78.7 Å². The van der Waals surface area contributed by atoms with Crippen molar-refractivity contribution in [2.24, 2.45) is 0 Å². The Morgan fingerprint density at radius 1 is 1.05 bits per heavy atom. The number of likely N-dealkylation sites (N-methyl/N-ethyl adjacent to an activating group) is 1. The van der Waals surface area contributed by atoms with Crippen LogP contribution in [-0.4, -0.2) is 64.6 Å². The molecule has 0 saturated carbocycles. The number of anilines is 4. The highest BCUT2D eigenvalue weighted by Crippen LogP contribution is 2.30. The van der Waals surface area contributed by atoms with Gasteiger partial charge >= 0.3 is 5.97 Å². The van der Waals surface area contributed by atoms with Crippen LogP contribution in [0.4, 0.5) is 23.0 Å². The average Bonchev–Trinajstić information content (AvgIpc) is 2.93. The molecule has 0 spiro atoms. The van der Waals surface area contributed by atoms with Gasteiger partial charge in [0.2, 0.25) is 11.9 Å². The van der Waals surface area contributed by atoms with Crippen LogP contribution in [0.5, 0.6) is 0 Å². The number of rotatable bonds is 7. The summed E-state index contributed by atoms with van der Waals surface area (Å²) < 4.78 is 0. The standard InChI is InChI=1S/C29H28N6O3/c1-3-26(36)31-22-8-4-6-19(16-22)24-9-5-7-20-17-30-29(33-27(20)24)32-21-10-12-23(13-11-21)35-15-14-34(2)25(18-35)28(37)38/h3-13,16-17,25H,1,14-15,18H2,2H3,(H,31,36)(H,37,38)(H,30,32,33). The molecule has 1 atom stereocenters. The maximum atomic E-state index is 11.7. The van der Waals surface area contributed by atoms with Gasteiger partial charge in [-0.05, 0) is 55.1 Å². The molecule has 0 bridgehead atoms. The highest BCUT2D eigenvalue weighted by atomic mass is 16.4. The van der Waals surface area contributed by atoms with Crippen molar-refractivity contribution in [2.45, 2.75) is 6.04 Å². The first kappa shape index (κ1) is 24.9. The van der Waals surface area contributed by atoms with Gasteiger partial charge in [0, 0.05) is 53.8 Å². The number of aliphatic carboxylic acids is 1. The molecule has 1 unspecified atom stereocenters. The second-order valence-corrected chi connectivity index (χ2v) is 9.16. The van der Waals surface area contributed by atoms with Crippen molar-refractivity contribution < 1.29 is 14.7 Å². The van der Waals surface area contributed by atoms with Gasteiger partial charge in [-0.1, -0.05) is 36.9 Å². The number of para-hydroxylation sites is 1. The first-order valence-electron chi connectivity index (χ1n) is 12.3. The zero-order chi connectivity index (χ0) is 26.6. The Morgan fingerprint density at radius 2 is 1.84 bits per heavy atom. The summed E-state index contributed by atoms with van der Waals surface area (Å²) in [5.74, 6) is -0.620. The number of amides is 1. The molecule has 5 rings (SSSR count). The Labute approximate surface area is 220 Å². The average molecular weight is 509 g/mol. The van der Waals surface area contributed by atoms with Crippen molar-refractivity contribution in [1.82, 2.24) is 14.9 Å². The van der Waals surface area contributed by atoms with Gasteiger partial charge in [-0.2, -0.15) is 0 Å². The Hall–Kier alpha value is -4.76. The highest BCUT2D eigenvalue weighted by molar-refractivity contribution is 6.00. The van der Waals surface area contributed by atoms with Crippen molar-refractivity contribution in [1.29, 1.82) is 0 Å². The van der Waals surface area contributed by atoms with Crippen molar-refractivity contribution in [2.75, 3.05) is 42.2 Å². The monoisotopic (exact) mass is 508 g/mol. The fraction of sp³-hybridized carbons (Fsp3) is 0.172. The number of nitrogens with one attached hydrogen (secondary N) is 2. The first-order valence-corrected chi connectivity index (χ1v) is 12.3. The van der Waals surface area contributed by atoms with Crippen LogP contribution in [0, 0.1) is 0 Å². The first-order chi connectivity index (χ1) is 18.4. The largest absolute Gasteiger partial charge is 0.480 e. The minimum atomic E-state index is -0.809. The summed E-state index contributed by atoms with van der Waals surface area (Å²) >= 11 is 0. The Bertz CT molecular complexity index is 1500. The van der Waals surface area contributed by atoms with Crippen LogP contribution in [-0.2, 0) is 9.59 Å². The Morgan fingerprint density at radius 3 is 2.61 bits per heavy atom. The van der Waals surface area contributed by atoms with Crippen molar-refractivity contribution in [3.05, 3.63) is 85.6 Å². The van der Waals surface area contributed by atoms with E-state index in [2.05, 4.69) is 27.1 Å². The Balaban J connectivity index is 1.37. The number of carboxylic acid groups (broad SMARTS) is 1. The third-order valence-electron chi connectivity index (χ3n) is 6.66. The zero-order valence-corrected chi connectivity index (χ0v) is 21.0. The van der Waals surface area contributed by atoms with Crippen LogP contribution < -0.4 is 15.5 Å². The normalized spacial score (nSPS) is 15.7. The molecular weight excluding hydrogens is 480 g/mol. The molecule has 1 aromatic heterocycles. The minimum absolute atomic E-state index is 0.269. The molecule has 4 aromatic rings. The lowest BCUT2D eigenvalue weighted by Crippen LogP contribution is -2.54. The quantitative estimate of drug-likeness (QED) is 0.316. The topological polar surface area (TPSA) is 111 Å². The molecule has 0 radical (unpaired) electrons. The van der Waals surface area contributed by atoms with E-state index < -0.39 is 12.0 Å². The molecule has 1 amide bonds. The van der Waals surface area contributed by atoms with Gasteiger partial charge in [0.15, 0.2) is 0 Å². The van der Waals surface area contributed by atoms with E-state index >= 15 is 0 Å². The number of piperazine rings is 1. The molecule has 1 fully saturated rings. The molecule has 1 aliphatic rings. The molecule has 0 aliphatic carbocycles. The number of hydrogen-bond acceptors (Lipinski definition) is 7. The molecule has 2 heterocycles. The predicted octanol–water partition coefficient (Wildman–Crippen LogP) is 4.37. The number of fused-ring (bicyclic) bond motifs is 1. The molecule has 3 N–H and O–H groups in total. The lowest BCUT2D eigenvalue weighted by atomic mass is 10.0. The van der Waals surface area contributed by atoms with Crippen molar-refractivity contribution in [3.8, 4) is 11.1 Å². The van der Waals surface area contributed by atoms with Crippen LogP contribution in [0.1, 0.15) is 0 Å². The van der Waals surface area contributed by atoms with E-state index in [4.69, 9.17) is 4.98 Å². The highest BCUT2D eigenvalue weighted by Gasteiger charge is 2.29. The summed E-state index contributed by atoms with van der Waals surface area (Å²) in [6, 6.07) is 20.8. The zero-order valence-electron chi connectivity index (χ0n) is 21.0. The summed E-state index contributed by atoms with van der Waals surface area (Å²) in [7, 11) is 1.84. The van der Waals surface area contributed by atoms with Gasteiger partial charge in [0.05, 0.1) is 5.52 Å². The number of hydrogen-bond donors (Lipinski definition) is 3. The summed E-state index contributed by atoms with van der Waals surface area (Å²) in [4.78, 5) is 36.5. The maximum Gasteiger partial charge on any atom is 0.322 e. The van der Waals surface area contributed by atoms with Gasteiger partial charge in [0.25, 0.3) is 0 Å². The van der Waals surface area contributed by atoms with Crippen LogP contribution >= 0.6 is 0 Å². The van der Waals surface area contributed by atoms with Crippen molar-refractivity contribution in [3.63, 3.8) is 0 Å². The number of carbonyl (C=O) groups excluding carboxylic acids is 1. The lowest BCUT2D eigenvalue weighted by molar-refractivity contribution is -0.142. The summed E-state index contributed by atoms with van der Waals surface area (Å²) in [5.41, 5.74) is 5.08. The fourth-order valence-electron chi connectivity index (χ4n) is 4.57. The van der Waals surface area contributed by atoms with Crippen LogP contribution in [0.3, 0.4) is 0 Å². The van der Waals surface area contributed by atoms with E-state index in [9.17, 15) is 14.7 Å². The van der Waals surface area contributed by atoms with E-state index in [-0.39, 0.29) is 5.91 Å². The number of carboxylic acids is 1. The van der Waals surface area contributed by atoms with Gasteiger partial charge in [-0.25, -0.2) is 9.97 Å². The van der Waals surface area contributed by atoms with Crippen LogP contribution in [0.25, 0.3) is 22.0 Å². The SMILES string of the molecule is C=CC(=O)Nc1cccc(-c2cccc3cnc(Nc4ccc(N5CCN(C)C(C(=O)O)C5)cc4)nc23)c1. The summed E-state index contributed by atoms with van der Waals surface area (Å²) in [6.07, 6.45) is 3.02. The Kier molecular flexibility index (Phi) is 7.01. The number of aromatic nitrogens is 2. The number of carbonyl (C=O) groups is 2. The van der Waals surface area contributed by atoms with E-state index in [0.29, 0.717) is 24.7 Å². The van der Waals surface area contributed by atoms with Gasteiger partial charge in [-0.3, -0.25) is 14.5 Å². The molecule has 9 nitrogen and oxygen atoms in total.